The van der Waals surface area contributed by atoms with Gasteiger partial charge in [0.2, 0.25) is 0 Å². The van der Waals surface area contributed by atoms with Gasteiger partial charge in [-0.3, -0.25) is 0 Å². The number of nitrogens with zero attached hydrogens (tertiary/aromatic N) is 5. The summed E-state index contributed by atoms with van der Waals surface area (Å²) in [5.41, 5.74) is -1.85. The first kappa shape index (κ1) is 14.7. The smallest absolute Gasteiger partial charge is 0.382 e. The van der Waals surface area contributed by atoms with Crippen molar-refractivity contribution in [2.45, 2.75) is 24.6 Å². The Hall–Kier alpha value is -2.23. The number of nitrogens with one attached hydrogen (secondary N) is 1. The number of aromatic nitrogens is 5. The Morgan fingerprint density at radius 3 is 2.68 bits per heavy atom. The normalized spacial score (nSPS) is 22.8. The molecule has 1 aliphatic heterocycles. The number of aromatic amines is 1. The topological polar surface area (TPSA) is 90.8 Å². The molecule has 0 spiro atoms. The van der Waals surface area contributed by atoms with E-state index in [0.717, 1.165) is 6.07 Å². The molecule has 2 aromatic rings. The molecule has 0 aromatic carbocycles. The van der Waals surface area contributed by atoms with Crippen LogP contribution in [-0.2, 0) is 11.8 Å². The predicted octanol–water partition coefficient (Wildman–Crippen LogP) is 1.10. The predicted molar refractivity (Wildman–Crippen MR) is 68.8 cm³/mol. The van der Waals surface area contributed by atoms with Crippen molar-refractivity contribution in [2.24, 2.45) is 0 Å². The fourth-order valence-corrected chi connectivity index (χ4v) is 2.51. The molecule has 22 heavy (non-hydrogen) atoms. The van der Waals surface area contributed by atoms with Crippen molar-refractivity contribution in [3.63, 3.8) is 0 Å². The molecular weight excluding hydrogens is 301 g/mol. The number of anilines is 1. The van der Waals surface area contributed by atoms with E-state index in [0.29, 0.717) is 25.1 Å². The molecule has 118 valence electrons. The van der Waals surface area contributed by atoms with E-state index in [9.17, 15) is 18.3 Å². The summed E-state index contributed by atoms with van der Waals surface area (Å²) >= 11 is 0. The van der Waals surface area contributed by atoms with Gasteiger partial charge in [-0.05, 0) is 25.0 Å². The zero-order valence-corrected chi connectivity index (χ0v) is 11.4. The van der Waals surface area contributed by atoms with Crippen LogP contribution in [0.5, 0.6) is 0 Å². The minimum atomic E-state index is -4.52. The molecule has 10 heteroatoms. The number of piperidine rings is 1. The molecule has 1 atom stereocenters. The molecule has 0 aliphatic carbocycles. The summed E-state index contributed by atoms with van der Waals surface area (Å²) in [6, 6.07) is 2.14. The Morgan fingerprint density at radius 2 is 2.09 bits per heavy atom. The lowest BCUT2D eigenvalue weighted by Gasteiger charge is -2.38. The van der Waals surface area contributed by atoms with E-state index in [1.807, 2.05) is 0 Å². The molecule has 0 saturated carbocycles. The first-order chi connectivity index (χ1) is 10.4. The molecule has 7 nitrogen and oxygen atoms in total. The van der Waals surface area contributed by atoms with Gasteiger partial charge in [0.25, 0.3) is 0 Å². The third-order valence-electron chi connectivity index (χ3n) is 3.63. The van der Waals surface area contributed by atoms with E-state index in [2.05, 4.69) is 25.6 Å². The minimum Gasteiger partial charge on any atom is -0.382 e. The number of alkyl halides is 3. The SMILES string of the molecule is O[C@]1(c2cn[nH]n2)CCCN(c2ccc(C(F)(F)F)nn2)C1. The number of aliphatic hydroxyl groups is 1. The van der Waals surface area contributed by atoms with Crippen molar-refractivity contribution in [3.05, 3.63) is 29.7 Å². The molecule has 1 saturated heterocycles. The number of hydrogen-bond acceptors (Lipinski definition) is 6. The van der Waals surface area contributed by atoms with Crippen molar-refractivity contribution < 1.29 is 18.3 Å². The molecule has 2 aromatic heterocycles. The standard InChI is InChI=1S/C12H13F3N6O/c13-12(14,15)8-2-3-10(19-17-8)21-5-1-4-11(22,7-21)9-6-16-20-18-9/h2-3,6,22H,1,4-5,7H2,(H,16,18,20)/t11-/m1/s1. The van der Waals surface area contributed by atoms with Gasteiger partial charge in [0.05, 0.1) is 12.7 Å². The quantitative estimate of drug-likeness (QED) is 0.862. The number of β-amino-alcohol motifs (C(OH)–C–C–N with tert-alkyl or cyclic N) is 1. The molecular formula is C12H13F3N6O. The van der Waals surface area contributed by atoms with Gasteiger partial charge in [-0.2, -0.15) is 28.6 Å². The highest BCUT2D eigenvalue weighted by molar-refractivity contribution is 5.39. The lowest BCUT2D eigenvalue weighted by Crippen LogP contribution is -2.46. The maximum Gasteiger partial charge on any atom is 0.435 e. The Balaban J connectivity index is 1.80. The Kier molecular flexibility index (Phi) is 3.47. The van der Waals surface area contributed by atoms with Crippen molar-refractivity contribution in [2.75, 3.05) is 18.0 Å². The second-order valence-corrected chi connectivity index (χ2v) is 5.19. The second kappa shape index (κ2) is 5.20. The molecule has 3 heterocycles. The third-order valence-corrected chi connectivity index (χ3v) is 3.63. The zero-order chi connectivity index (χ0) is 15.8. The van der Waals surface area contributed by atoms with Crippen LogP contribution in [0, 0.1) is 0 Å². The van der Waals surface area contributed by atoms with Crippen molar-refractivity contribution >= 4 is 5.82 Å². The average molecular weight is 314 g/mol. The second-order valence-electron chi connectivity index (χ2n) is 5.19. The van der Waals surface area contributed by atoms with Crippen LogP contribution in [-0.4, -0.2) is 43.8 Å². The third kappa shape index (κ3) is 2.73. The van der Waals surface area contributed by atoms with Crippen LogP contribution in [0.4, 0.5) is 19.0 Å². The fourth-order valence-electron chi connectivity index (χ4n) is 2.51. The minimum absolute atomic E-state index is 0.166. The molecule has 0 unspecified atom stereocenters. The van der Waals surface area contributed by atoms with E-state index in [-0.39, 0.29) is 12.4 Å². The van der Waals surface area contributed by atoms with Gasteiger partial charge in [-0.1, -0.05) is 0 Å². The molecule has 1 fully saturated rings. The highest BCUT2D eigenvalue weighted by Crippen LogP contribution is 2.32. The summed E-state index contributed by atoms with van der Waals surface area (Å²) in [5.74, 6) is 0.287. The summed E-state index contributed by atoms with van der Waals surface area (Å²) in [6.07, 6.45) is -1.95. The fraction of sp³-hybridized carbons (Fsp3) is 0.500. The first-order valence-electron chi connectivity index (χ1n) is 6.63. The van der Waals surface area contributed by atoms with Gasteiger partial charge in [0.1, 0.15) is 11.3 Å². The van der Waals surface area contributed by atoms with Crippen LogP contribution < -0.4 is 4.90 Å². The Labute approximate surface area is 123 Å². The van der Waals surface area contributed by atoms with Crippen molar-refractivity contribution in [3.8, 4) is 0 Å². The average Bonchev–Trinajstić information content (AvgIpc) is 3.02. The van der Waals surface area contributed by atoms with Gasteiger partial charge in [-0.25, -0.2) is 0 Å². The molecule has 3 rings (SSSR count). The monoisotopic (exact) mass is 314 g/mol. The molecule has 0 radical (unpaired) electrons. The summed E-state index contributed by atoms with van der Waals surface area (Å²) < 4.78 is 37.5. The summed E-state index contributed by atoms with van der Waals surface area (Å²) in [7, 11) is 0. The molecule has 0 amide bonds. The lowest BCUT2D eigenvalue weighted by molar-refractivity contribution is -0.141. The van der Waals surface area contributed by atoms with Gasteiger partial charge in [-0.15, -0.1) is 10.2 Å². The molecule has 1 aliphatic rings. The van der Waals surface area contributed by atoms with E-state index in [4.69, 9.17) is 0 Å². The lowest BCUT2D eigenvalue weighted by atomic mass is 9.90. The van der Waals surface area contributed by atoms with Gasteiger partial charge >= 0.3 is 6.18 Å². The summed E-state index contributed by atoms with van der Waals surface area (Å²) in [5, 5.41) is 27.5. The number of rotatable bonds is 2. The van der Waals surface area contributed by atoms with Crippen molar-refractivity contribution in [1.82, 2.24) is 25.6 Å². The maximum atomic E-state index is 12.5. The zero-order valence-electron chi connectivity index (χ0n) is 11.4. The van der Waals surface area contributed by atoms with E-state index >= 15 is 0 Å². The largest absolute Gasteiger partial charge is 0.435 e. The number of hydrogen-bond donors (Lipinski definition) is 2. The van der Waals surface area contributed by atoms with Gasteiger partial charge in [0, 0.05) is 6.54 Å². The maximum absolute atomic E-state index is 12.5. The summed E-state index contributed by atoms with van der Waals surface area (Å²) in [6.45, 7) is 0.736. The number of H-pyrrole nitrogens is 1. The van der Waals surface area contributed by atoms with E-state index in [1.54, 1.807) is 4.90 Å². The Morgan fingerprint density at radius 1 is 1.27 bits per heavy atom. The van der Waals surface area contributed by atoms with Gasteiger partial charge in [0.15, 0.2) is 11.5 Å². The van der Waals surface area contributed by atoms with E-state index in [1.165, 1.54) is 12.3 Å². The van der Waals surface area contributed by atoms with Crippen LogP contribution in [0.25, 0.3) is 0 Å². The van der Waals surface area contributed by atoms with Crippen LogP contribution in [0.1, 0.15) is 24.2 Å². The van der Waals surface area contributed by atoms with Crippen LogP contribution in [0.3, 0.4) is 0 Å². The van der Waals surface area contributed by atoms with Crippen molar-refractivity contribution in [1.29, 1.82) is 0 Å². The molecule has 2 N–H and O–H groups in total. The van der Waals surface area contributed by atoms with Crippen LogP contribution in [0.2, 0.25) is 0 Å². The molecule has 0 bridgehead atoms. The van der Waals surface area contributed by atoms with E-state index < -0.39 is 17.5 Å². The number of halogens is 3. The highest BCUT2D eigenvalue weighted by atomic mass is 19.4. The highest BCUT2D eigenvalue weighted by Gasteiger charge is 2.38. The first-order valence-corrected chi connectivity index (χ1v) is 6.63. The van der Waals surface area contributed by atoms with Gasteiger partial charge < -0.3 is 10.0 Å². The summed E-state index contributed by atoms with van der Waals surface area (Å²) in [4.78, 5) is 1.69. The van der Waals surface area contributed by atoms with Crippen LogP contribution in [0.15, 0.2) is 18.3 Å². The van der Waals surface area contributed by atoms with Crippen LogP contribution >= 0.6 is 0 Å². The Bertz CT molecular complexity index is 629.